The maximum atomic E-state index is 5.55. The van der Waals surface area contributed by atoms with Crippen LogP contribution < -0.4 is 14.8 Å². The van der Waals surface area contributed by atoms with Gasteiger partial charge < -0.3 is 19.5 Å². The van der Waals surface area contributed by atoms with E-state index in [2.05, 4.69) is 35.1 Å². The van der Waals surface area contributed by atoms with Crippen molar-refractivity contribution in [1.82, 2.24) is 5.32 Å². The molecule has 0 heterocycles. The molecule has 0 saturated carbocycles. The average molecular weight is 360 g/mol. The number of methoxy groups -OCH3 is 3. The summed E-state index contributed by atoms with van der Waals surface area (Å²) in [4.78, 5) is 0. The molecule has 0 aliphatic rings. The van der Waals surface area contributed by atoms with Crippen LogP contribution in [0.2, 0.25) is 0 Å². The van der Waals surface area contributed by atoms with E-state index in [1.54, 1.807) is 21.3 Å². The van der Waals surface area contributed by atoms with Gasteiger partial charge in [0.05, 0.1) is 20.8 Å². The van der Waals surface area contributed by atoms with E-state index in [0.717, 1.165) is 42.1 Å². The molecule has 1 aromatic rings. The van der Waals surface area contributed by atoms with Crippen LogP contribution in [-0.2, 0) is 10.2 Å². The third-order valence-corrected chi connectivity index (χ3v) is 4.20. The summed E-state index contributed by atoms with van der Waals surface area (Å²) in [5, 5.41) is 3.39. The predicted molar refractivity (Wildman–Crippen MR) is 89.6 cm³/mol. The Morgan fingerprint density at radius 1 is 1.10 bits per heavy atom. The molecule has 0 saturated heterocycles. The Morgan fingerprint density at radius 2 is 1.81 bits per heavy atom. The molecule has 4 nitrogen and oxygen atoms in total. The molecule has 21 heavy (non-hydrogen) atoms. The summed E-state index contributed by atoms with van der Waals surface area (Å²) >= 11 is 3.65. The van der Waals surface area contributed by atoms with Crippen molar-refractivity contribution in [1.29, 1.82) is 0 Å². The van der Waals surface area contributed by atoms with Gasteiger partial charge in [0.2, 0.25) is 0 Å². The molecule has 0 aliphatic heterocycles. The van der Waals surface area contributed by atoms with Gasteiger partial charge >= 0.3 is 0 Å². The molecule has 0 spiro atoms. The van der Waals surface area contributed by atoms with Crippen molar-refractivity contribution in [2.45, 2.75) is 25.7 Å². The largest absolute Gasteiger partial charge is 0.497 e. The van der Waals surface area contributed by atoms with Gasteiger partial charge in [0, 0.05) is 29.8 Å². The minimum atomic E-state index is -0.0173. The number of hydrogen-bond acceptors (Lipinski definition) is 4. The zero-order chi connectivity index (χ0) is 15.9. The highest BCUT2D eigenvalue weighted by molar-refractivity contribution is 9.10. The van der Waals surface area contributed by atoms with E-state index < -0.39 is 0 Å². The minimum Gasteiger partial charge on any atom is -0.497 e. The molecule has 5 heteroatoms. The second-order valence-corrected chi connectivity index (χ2v) is 6.42. The van der Waals surface area contributed by atoms with Crippen LogP contribution in [0.25, 0.3) is 0 Å². The summed E-state index contributed by atoms with van der Waals surface area (Å²) in [5.74, 6) is 1.64. The summed E-state index contributed by atoms with van der Waals surface area (Å²) in [6.45, 7) is 6.97. The Hall–Kier alpha value is -0.780. The molecular weight excluding hydrogens is 334 g/mol. The number of ether oxygens (including phenoxy) is 3. The zero-order valence-electron chi connectivity index (χ0n) is 13.6. The standard InChI is InChI=1S/C16H26BrNO3/c1-16(2,6-7-18-8-9-19-3)15-13(17)10-12(20-4)11-14(15)21-5/h10-11,18H,6-9H2,1-5H3. The lowest BCUT2D eigenvalue weighted by Crippen LogP contribution is -2.28. The lowest BCUT2D eigenvalue weighted by molar-refractivity contribution is 0.198. The van der Waals surface area contributed by atoms with Crippen molar-refractivity contribution in [2.75, 3.05) is 41.0 Å². The molecule has 0 bridgehead atoms. The number of halogens is 1. The van der Waals surface area contributed by atoms with E-state index in [-0.39, 0.29) is 5.41 Å². The van der Waals surface area contributed by atoms with Crippen LogP contribution in [0.15, 0.2) is 16.6 Å². The Labute approximate surface area is 136 Å². The number of rotatable bonds is 9. The second kappa shape index (κ2) is 8.61. The van der Waals surface area contributed by atoms with Crippen molar-refractivity contribution >= 4 is 15.9 Å². The first-order valence-corrected chi connectivity index (χ1v) is 7.87. The molecule has 1 aromatic carbocycles. The summed E-state index contributed by atoms with van der Waals surface area (Å²) in [7, 11) is 5.06. The van der Waals surface area contributed by atoms with Gasteiger partial charge in [-0.25, -0.2) is 0 Å². The molecule has 0 atom stereocenters. The van der Waals surface area contributed by atoms with Crippen molar-refractivity contribution in [2.24, 2.45) is 0 Å². The van der Waals surface area contributed by atoms with E-state index in [4.69, 9.17) is 14.2 Å². The lowest BCUT2D eigenvalue weighted by Gasteiger charge is -2.29. The quantitative estimate of drug-likeness (QED) is 0.686. The molecule has 0 fully saturated rings. The van der Waals surface area contributed by atoms with Crippen LogP contribution >= 0.6 is 15.9 Å². The molecule has 120 valence electrons. The monoisotopic (exact) mass is 359 g/mol. The average Bonchev–Trinajstić information content (AvgIpc) is 2.45. The fourth-order valence-electron chi connectivity index (χ4n) is 2.32. The topological polar surface area (TPSA) is 39.7 Å². The third kappa shape index (κ3) is 5.16. The molecule has 0 aromatic heterocycles. The Kier molecular flexibility index (Phi) is 7.49. The van der Waals surface area contributed by atoms with Crippen molar-refractivity contribution in [3.8, 4) is 11.5 Å². The van der Waals surface area contributed by atoms with Crippen LogP contribution in [-0.4, -0.2) is 41.0 Å². The normalized spacial score (nSPS) is 11.5. The second-order valence-electron chi connectivity index (χ2n) is 5.56. The minimum absolute atomic E-state index is 0.0173. The van der Waals surface area contributed by atoms with Gasteiger partial charge in [-0.3, -0.25) is 0 Å². The summed E-state index contributed by atoms with van der Waals surface area (Å²) in [5.41, 5.74) is 1.15. The SMILES string of the molecule is COCCNCCC(C)(C)c1c(Br)cc(OC)cc1OC. The van der Waals surface area contributed by atoms with Crippen molar-refractivity contribution in [3.63, 3.8) is 0 Å². The number of hydrogen-bond donors (Lipinski definition) is 1. The van der Waals surface area contributed by atoms with Crippen LogP contribution in [0.5, 0.6) is 11.5 Å². The Morgan fingerprint density at radius 3 is 2.38 bits per heavy atom. The molecule has 1 rings (SSSR count). The fraction of sp³-hybridized carbons (Fsp3) is 0.625. The Balaban J connectivity index is 2.86. The van der Waals surface area contributed by atoms with Crippen LogP contribution in [0.4, 0.5) is 0 Å². The smallest absolute Gasteiger partial charge is 0.127 e. The lowest BCUT2D eigenvalue weighted by atomic mass is 9.81. The zero-order valence-corrected chi connectivity index (χ0v) is 15.2. The summed E-state index contributed by atoms with van der Waals surface area (Å²) < 4.78 is 16.9. The first kappa shape index (κ1) is 18.3. The van der Waals surface area contributed by atoms with Gasteiger partial charge in [0.1, 0.15) is 11.5 Å². The number of benzene rings is 1. The third-order valence-electron chi connectivity index (χ3n) is 3.57. The van der Waals surface area contributed by atoms with Gasteiger partial charge in [-0.1, -0.05) is 29.8 Å². The molecule has 0 radical (unpaired) electrons. The predicted octanol–water partition coefficient (Wildman–Crippen LogP) is 3.37. The highest BCUT2D eigenvalue weighted by Crippen LogP contribution is 2.41. The van der Waals surface area contributed by atoms with E-state index in [0.29, 0.717) is 0 Å². The maximum Gasteiger partial charge on any atom is 0.127 e. The maximum absolute atomic E-state index is 5.55. The van der Waals surface area contributed by atoms with E-state index in [1.807, 2.05) is 12.1 Å². The van der Waals surface area contributed by atoms with Gasteiger partial charge in [-0.05, 0) is 24.4 Å². The van der Waals surface area contributed by atoms with E-state index >= 15 is 0 Å². The molecule has 1 N–H and O–H groups in total. The molecule has 0 unspecified atom stereocenters. The molecular formula is C16H26BrNO3. The molecule has 0 amide bonds. The van der Waals surface area contributed by atoms with Crippen molar-refractivity contribution in [3.05, 3.63) is 22.2 Å². The first-order valence-electron chi connectivity index (χ1n) is 7.08. The van der Waals surface area contributed by atoms with Crippen LogP contribution in [0.3, 0.4) is 0 Å². The van der Waals surface area contributed by atoms with E-state index in [1.165, 1.54) is 5.56 Å². The Bertz CT molecular complexity index is 449. The summed E-state index contributed by atoms with van der Waals surface area (Å²) in [6.07, 6.45) is 0.998. The summed E-state index contributed by atoms with van der Waals surface area (Å²) in [6, 6.07) is 3.91. The number of nitrogens with one attached hydrogen (secondary N) is 1. The van der Waals surface area contributed by atoms with Gasteiger partial charge in [0.25, 0.3) is 0 Å². The van der Waals surface area contributed by atoms with E-state index in [9.17, 15) is 0 Å². The van der Waals surface area contributed by atoms with Gasteiger partial charge in [-0.2, -0.15) is 0 Å². The van der Waals surface area contributed by atoms with Crippen LogP contribution in [0, 0.1) is 0 Å². The highest BCUT2D eigenvalue weighted by Gasteiger charge is 2.27. The van der Waals surface area contributed by atoms with Gasteiger partial charge in [0.15, 0.2) is 0 Å². The van der Waals surface area contributed by atoms with Crippen molar-refractivity contribution < 1.29 is 14.2 Å². The van der Waals surface area contributed by atoms with Crippen LogP contribution in [0.1, 0.15) is 25.8 Å². The fourth-order valence-corrected chi connectivity index (χ4v) is 3.28. The van der Waals surface area contributed by atoms with Gasteiger partial charge in [-0.15, -0.1) is 0 Å². The molecule has 0 aliphatic carbocycles. The highest BCUT2D eigenvalue weighted by atomic mass is 79.9. The first-order chi connectivity index (χ1) is 9.96.